The van der Waals surface area contributed by atoms with Gasteiger partial charge in [-0.2, -0.15) is 0 Å². The highest BCUT2D eigenvalue weighted by Gasteiger charge is 2.06. The van der Waals surface area contributed by atoms with E-state index in [0.29, 0.717) is 12.5 Å². The van der Waals surface area contributed by atoms with Crippen molar-refractivity contribution >= 4 is 41.5 Å². The van der Waals surface area contributed by atoms with Crippen molar-refractivity contribution in [1.29, 1.82) is 0 Å². The van der Waals surface area contributed by atoms with Gasteiger partial charge in [-0.1, -0.05) is 35.9 Å². The van der Waals surface area contributed by atoms with Gasteiger partial charge in [0.25, 0.3) is 0 Å². The maximum Gasteiger partial charge on any atom is 0.243 e. The topological polar surface area (TPSA) is 74.8 Å². The molecule has 0 saturated heterocycles. The summed E-state index contributed by atoms with van der Waals surface area (Å²) < 4.78 is 5.39. The molecule has 27 heavy (non-hydrogen) atoms. The molecule has 0 heterocycles. The number of hydrogen-bond donors (Lipinski definition) is 3. The van der Waals surface area contributed by atoms with E-state index in [0.717, 1.165) is 23.4 Å². The molecule has 0 aromatic heterocycles. The Morgan fingerprint density at radius 2 is 1.85 bits per heavy atom. The minimum absolute atomic E-state index is 0. The lowest BCUT2D eigenvalue weighted by molar-refractivity contribution is -0.115. The number of benzene rings is 2. The molecule has 7 heteroatoms. The molecule has 0 unspecified atom stereocenters. The number of anilines is 1. The van der Waals surface area contributed by atoms with Crippen LogP contribution < -0.4 is 20.7 Å². The van der Waals surface area contributed by atoms with Crippen molar-refractivity contribution in [2.75, 3.05) is 32.6 Å². The molecule has 0 bridgehead atoms. The monoisotopic (exact) mass is 482 g/mol. The number of aryl methyl sites for hydroxylation is 1. The number of carbonyl (C=O) groups excluding carboxylic acids is 1. The second-order valence-electron chi connectivity index (χ2n) is 5.83. The van der Waals surface area contributed by atoms with Crippen molar-refractivity contribution in [1.82, 2.24) is 10.6 Å². The summed E-state index contributed by atoms with van der Waals surface area (Å²) in [5.41, 5.74) is 3.10. The summed E-state index contributed by atoms with van der Waals surface area (Å²) in [6, 6.07) is 15.5. The van der Waals surface area contributed by atoms with Crippen LogP contribution in [0.2, 0.25) is 0 Å². The summed E-state index contributed by atoms with van der Waals surface area (Å²) in [6.07, 6.45) is 0.793. The van der Waals surface area contributed by atoms with E-state index in [2.05, 4.69) is 33.9 Å². The van der Waals surface area contributed by atoms with E-state index >= 15 is 0 Å². The van der Waals surface area contributed by atoms with Gasteiger partial charge in [0.1, 0.15) is 5.75 Å². The van der Waals surface area contributed by atoms with Crippen molar-refractivity contribution in [2.24, 2.45) is 4.99 Å². The second kappa shape index (κ2) is 12.2. The lowest BCUT2D eigenvalue weighted by Crippen LogP contribution is -2.42. The van der Waals surface area contributed by atoms with Crippen LogP contribution in [0.25, 0.3) is 0 Å². The zero-order chi connectivity index (χ0) is 18.8. The molecule has 2 aromatic carbocycles. The summed E-state index contributed by atoms with van der Waals surface area (Å²) in [6.45, 7) is 2.88. The van der Waals surface area contributed by atoms with Crippen LogP contribution in [0.3, 0.4) is 0 Å². The quantitative estimate of drug-likeness (QED) is 0.323. The third kappa shape index (κ3) is 7.86. The second-order valence-corrected chi connectivity index (χ2v) is 5.83. The average molecular weight is 482 g/mol. The molecule has 0 radical (unpaired) electrons. The number of amides is 1. The smallest absolute Gasteiger partial charge is 0.243 e. The Bertz CT molecular complexity index is 751. The van der Waals surface area contributed by atoms with E-state index in [-0.39, 0.29) is 36.4 Å². The van der Waals surface area contributed by atoms with E-state index < -0.39 is 0 Å². The molecular formula is C20H27IN4O2. The molecule has 6 nitrogen and oxygen atoms in total. The maximum atomic E-state index is 12.0. The highest BCUT2D eigenvalue weighted by Crippen LogP contribution is 2.19. The van der Waals surface area contributed by atoms with E-state index in [1.54, 1.807) is 14.2 Å². The van der Waals surface area contributed by atoms with Gasteiger partial charge in [0.15, 0.2) is 5.96 Å². The van der Waals surface area contributed by atoms with Gasteiger partial charge in [-0.15, -0.1) is 24.0 Å². The van der Waals surface area contributed by atoms with Crippen LogP contribution in [0.4, 0.5) is 5.69 Å². The minimum Gasteiger partial charge on any atom is -0.496 e. The maximum absolute atomic E-state index is 12.0. The number of nitrogens with one attached hydrogen (secondary N) is 3. The van der Waals surface area contributed by atoms with E-state index in [4.69, 9.17) is 4.74 Å². The SMILES string of the molecule is CN=C(NCCc1cc(C)ccc1OC)NCC(=O)Nc1ccccc1.I. The van der Waals surface area contributed by atoms with Gasteiger partial charge in [0.2, 0.25) is 5.91 Å². The highest BCUT2D eigenvalue weighted by atomic mass is 127. The number of methoxy groups -OCH3 is 1. The third-order valence-electron chi connectivity index (χ3n) is 3.82. The molecule has 0 aliphatic carbocycles. The summed E-state index contributed by atoms with van der Waals surface area (Å²) in [5, 5.41) is 9.05. The van der Waals surface area contributed by atoms with Crippen LogP contribution >= 0.6 is 24.0 Å². The zero-order valence-electron chi connectivity index (χ0n) is 15.9. The standard InChI is InChI=1S/C20H26N4O2.HI/c1-15-9-10-18(26-3)16(13-15)11-12-22-20(21-2)23-14-19(25)24-17-7-5-4-6-8-17;/h4-10,13H,11-12,14H2,1-3H3,(H,24,25)(H2,21,22,23);1H. The number of carbonyl (C=O) groups is 1. The molecule has 0 aliphatic rings. The normalized spacial score (nSPS) is 10.6. The Hall–Kier alpha value is -2.29. The number of aliphatic imine (C=N–C) groups is 1. The Morgan fingerprint density at radius 3 is 2.52 bits per heavy atom. The summed E-state index contributed by atoms with van der Waals surface area (Å²) >= 11 is 0. The number of ether oxygens (including phenoxy) is 1. The van der Waals surface area contributed by atoms with E-state index in [1.807, 2.05) is 42.5 Å². The summed E-state index contributed by atoms with van der Waals surface area (Å²) in [4.78, 5) is 16.1. The van der Waals surface area contributed by atoms with Crippen LogP contribution in [0, 0.1) is 6.92 Å². The van der Waals surface area contributed by atoms with Crippen LogP contribution in [0.15, 0.2) is 53.5 Å². The highest BCUT2D eigenvalue weighted by molar-refractivity contribution is 14.0. The molecule has 0 saturated carbocycles. The lowest BCUT2D eigenvalue weighted by atomic mass is 10.1. The van der Waals surface area contributed by atoms with Gasteiger partial charge in [-0.25, -0.2) is 0 Å². The Labute approximate surface area is 177 Å². The number of guanidine groups is 1. The minimum atomic E-state index is -0.125. The molecule has 3 N–H and O–H groups in total. The Balaban J connectivity index is 0.00000364. The van der Waals surface area contributed by atoms with Gasteiger partial charge in [-0.3, -0.25) is 9.79 Å². The first kappa shape index (κ1) is 22.8. The van der Waals surface area contributed by atoms with Crippen molar-refractivity contribution in [3.8, 4) is 5.75 Å². The van der Waals surface area contributed by atoms with Crippen LogP contribution in [0.1, 0.15) is 11.1 Å². The number of halogens is 1. The molecule has 2 aromatic rings. The van der Waals surface area contributed by atoms with Crippen LogP contribution in [-0.4, -0.2) is 39.1 Å². The van der Waals surface area contributed by atoms with Gasteiger partial charge < -0.3 is 20.7 Å². The molecule has 0 fully saturated rings. The fourth-order valence-electron chi connectivity index (χ4n) is 2.53. The number of hydrogen-bond acceptors (Lipinski definition) is 3. The molecule has 0 atom stereocenters. The van der Waals surface area contributed by atoms with Gasteiger partial charge in [-0.05, 0) is 37.1 Å². The molecular weight excluding hydrogens is 455 g/mol. The molecule has 0 aliphatic heterocycles. The first-order valence-electron chi connectivity index (χ1n) is 8.55. The van der Waals surface area contributed by atoms with Crippen molar-refractivity contribution < 1.29 is 9.53 Å². The van der Waals surface area contributed by atoms with E-state index in [1.165, 1.54) is 5.56 Å². The molecule has 146 valence electrons. The van der Waals surface area contributed by atoms with Gasteiger partial charge in [0, 0.05) is 19.3 Å². The van der Waals surface area contributed by atoms with Gasteiger partial charge in [0.05, 0.1) is 13.7 Å². The van der Waals surface area contributed by atoms with Crippen molar-refractivity contribution in [2.45, 2.75) is 13.3 Å². The zero-order valence-corrected chi connectivity index (χ0v) is 18.2. The first-order valence-corrected chi connectivity index (χ1v) is 8.55. The Morgan fingerprint density at radius 1 is 1.11 bits per heavy atom. The fraction of sp³-hybridized carbons (Fsp3) is 0.300. The predicted molar refractivity (Wildman–Crippen MR) is 121 cm³/mol. The largest absolute Gasteiger partial charge is 0.496 e. The van der Waals surface area contributed by atoms with Gasteiger partial charge >= 0.3 is 0 Å². The Kier molecular flexibility index (Phi) is 10.2. The van der Waals surface area contributed by atoms with Crippen LogP contribution in [-0.2, 0) is 11.2 Å². The van der Waals surface area contributed by atoms with Crippen molar-refractivity contribution in [3.05, 3.63) is 59.7 Å². The first-order chi connectivity index (χ1) is 12.6. The third-order valence-corrected chi connectivity index (χ3v) is 3.82. The molecule has 1 amide bonds. The average Bonchev–Trinajstić information content (AvgIpc) is 2.65. The number of para-hydroxylation sites is 1. The number of rotatable bonds is 7. The summed E-state index contributed by atoms with van der Waals surface area (Å²) in [5.74, 6) is 1.34. The predicted octanol–water partition coefficient (Wildman–Crippen LogP) is 2.97. The number of nitrogens with zero attached hydrogens (tertiary/aromatic N) is 1. The van der Waals surface area contributed by atoms with Crippen molar-refractivity contribution in [3.63, 3.8) is 0 Å². The fourth-order valence-corrected chi connectivity index (χ4v) is 2.53. The molecule has 2 rings (SSSR count). The van der Waals surface area contributed by atoms with Crippen LogP contribution in [0.5, 0.6) is 5.75 Å². The van der Waals surface area contributed by atoms with E-state index in [9.17, 15) is 4.79 Å². The molecule has 0 spiro atoms. The summed E-state index contributed by atoms with van der Waals surface area (Å²) in [7, 11) is 3.35. The lowest BCUT2D eigenvalue weighted by Gasteiger charge is -2.13.